The highest BCUT2D eigenvalue weighted by molar-refractivity contribution is 5.81. The predicted octanol–water partition coefficient (Wildman–Crippen LogP) is 3.09. The van der Waals surface area contributed by atoms with Crippen molar-refractivity contribution in [3.05, 3.63) is 59.6 Å². The number of benzene rings is 1. The topological polar surface area (TPSA) is 63.8 Å². The molecule has 0 spiro atoms. The molecule has 1 aromatic carbocycles. The summed E-state index contributed by atoms with van der Waals surface area (Å²) in [5.41, 5.74) is 4.47. The van der Waals surface area contributed by atoms with Crippen molar-refractivity contribution in [2.75, 3.05) is 6.61 Å². The number of carbonyl (C=O) groups is 1. The maximum Gasteiger partial charge on any atom is 0.277 e. The fraction of sp³-hybridized carbons (Fsp3) is 0.176. The molecule has 5 nitrogen and oxygen atoms in total. The average molecular weight is 298 g/mol. The first kappa shape index (κ1) is 15.6. The van der Waals surface area contributed by atoms with Crippen LogP contribution in [0, 0.1) is 13.8 Å². The van der Waals surface area contributed by atoms with Crippen LogP contribution in [0.2, 0.25) is 0 Å². The summed E-state index contributed by atoms with van der Waals surface area (Å²) < 4.78 is 10.6. The molecule has 2 aromatic rings. The first-order chi connectivity index (χ1) is 10.6. The lowest BCUT2D eigenvalue weighted by Crippen LogP contribution is -2.24. The van der Waals surface area contributed by atoms with Crippen LogP contribution >= 0.6 is 0 Å². The third-order valence-electron chi connectivity index (χ3n) is 2.86. The molecule has 0 saturated carbocycles. The first-order valence-corrected chi connectivity index (χ1v) is 6.87. The third-order valence-corrected chi connectivity index (χ3v) is 2.86. The molecule has 1 N–H and O–H groups in total. The van der Waals surface area contributed by atoms with Crippen LogP contribution in [-0.2, 0) is 4.79 Å². The number of ether oxygens (including phenoxy) is 1. The Morgan fingerprint density at radius 2 is 2.23 bits per heavy atom. The highest BCUT2D eigenvalue weighted by Crippen LogP contribution is 2.18. The fourth-order valence-corrected chi connectivity index (χ4v) is 1.71. The Morgan fingerprint density at radius 1 is 1.36 bits per heavy atom. The van der Waals surface area contributed by atoms with Crippen LogP contribution in [0.15, 0.2) is 52.2 Å². The van der Waals surface area contributed by atoms with Crippen LogP contribution in [0.5, 0.6) is 5.75 Å². The van der Waals surface area contributed by atoms with Crippen LogP contribution in [0.3, 0.4) is 0 Å². The molecule has 0 bridgehead atoms. The molecule has 0 unspecified atom stereocenters. The smallest absolute Gasteiger partial charge is 0.277 e. The van der Waals surface area contributed by atoms with E-state index >= 15 is 0 Å². The third kappa shape index (κ3) is 4.94. The molecular formula is C17H18N2O3. The number of hydrazone groups is 1. The summed E-state index contributed by atoms with van der Waals surface area (Å²) in [5, 5.41) is 3.79. The van der Waals surface area contributed by atoms with Gasteiger partial charge >= 0.3 is 0 Å². The highest BCUT2D eigenvalue weighted by Gasteiger charge is 2.04. The molecule has 1 aromatic heterocycles. The van der Waals surface area contributed by atoms with Gasteiger partial charge in [-0.05, 0) is 55.3 Å². The van der Waals surface area contributed by atoms with Crippen molar-refractivity contribution in [3.63, 3.8) is 0 Å². The largest absolute Gasteiger partial charge is 0.483 e. The van der Waals surface area contributed by atoms with E-state index in [9.17, 15) is 4.79 Å². The Morgan fingerprint density at radius 3 is 3.00 bits per heavy atom. The van der Waals surface area contributed by atoms with Crippen LogP contribution in [-0.4, -0.2) is 18.7 Å². The van der Waals surface area contributed by atoms with Gasteiger partial charge in [-0.3, -0.25) is 4.79 Å². The van der Waals surface area contributed by atoms with Crippen molar-refractivity contribution in [1.82, 2.24) is 5.43 Å². The predicted molar refractivity (Wildman–Crippen MR) is 85.8 cm³/mol. The zero-order valence-electron chi connectivity index (χ0n) is 12.6. The van der Waals surface area contributed by atoms with Crippen molar-refractivity contribution in [1.29, 1.82) is 0 Å². The molecule has 0 radical (unpaired) electrons. The van der Waals surface area contributed by atoms with Crippen LogP contribution in [0.25, 0.3) is 6.08 Å². The number of amides is 1. The minimum atomic E-state index is -0.316. The van der Waals surface area contributed by atoms with Crippen LogP contribution in [0.4, 0.5) is 0 Å². The van der Waals surface area contributed by atoms with Crippen molar-refractivity contribution >= 4 is 18.2 Å². The van der Waals surface area contributed by atoms with Gasteiger partial charge < -0.3 is 9.15 Å². The van der Waals surface area contributed by atoms with Gasteiger partial charge in [0.2, 0.25) is 0 Å². The Bertz CT molecular complexity index is 673. The summed E-state index contributed by atoms with van der Waals surface area (Å²) in [7, 11) is 0. The molecular weight excluding hydrogens is 280 g/mol. The van der Waals surface area contributed by atoms with E-state index in [2.05, 4.69) is 10.5 Å². The van der Waals surface area contributed by atoms with Gasteiger partial charge in [0.15, 0.2) is 6.61 Å². The second kappa shape index (κ2) is 7.83. The molecule has 0 saturated heterocycles. The van der Waals surface area contributed by atoms with E-state index in [1.165, 1.54) is 6.21 Å². The summed E-state index contributed by atoms with van der Waals surface area (Å²) in [6.07, 6.45) is 6.47. The number of nitrogens with one attached hydrogen (secondary N) is 1. The van der Waals surface area contributed by atoms with Crippen molar-refractivity contribution in [3.8, 4) is 5.75 Å². The van der Waals surface area contributed by atoms with Gasteiger partial charge in [-0.2, -0.15) is 5.10 Å². The second-order valence-corrected chi connectivity index (χ2v) is 4.75. The zero-order chi connectivity index (χ0) is 15.8. The molecule has 0 atom stereocenters. The number of nitrogens with zero attached hydrogens (tertiary/aromatic N) is 1. The molecule has 0 aliphatic carbocycles. The summed E-state index contributed by atoms with van der Waals surface area (Å²) in [6, 6.07) is 9.47. The Hall–Kier alpha value is -2.82. The standard InChI is InChI=1S/C17H18N2O3/c1-13-7-8-14(2)16(11-13)22-12-17(20)19-18-9-3-5-15-6-4-10-21-15/h3-11H,12H2,1-2H3,(H,19,20). The van der Waals surface area contributed by atoms with Crippen molar-refractivity contribution < 1.29 is 13.9 Å². The average Bonchev–Trinajstić information content (AvgIpc) is 3.01. The molecule has 1 heterocycles. The molecule has 114 valence electrons. The number of rotatable bonds is 6. The van der Waals surface area contributed by atoms with E-state index in [0.717, 1.165) is 16.9 Å². The van der Waals surface area contributed by atoms with Crippen molar-refractivity contribution in [2.24, 2.45) is 5.10 Å². The van der Waals surface area contributed by atoms with Crippen LogP contribution in [0.1, 0.15) is 16.9 Å². The SMILES string of the molecule is Cc1ccc(C)c(OCC(=O)NN=CC=Cc2ccco2)c1. The van der Waals surface area contributed by atoms with Crippen LogP contribution < -0.4 is 10.2 Å². The fourth-order valence-electron chi connectivity index (χ4n) is 1.71. The van der Waals surface area contributed by atoms with Gasteiger partial charge in [0.25, 0.3) is 5.91 Å². The number of carbonyl (C=O) groups excluding carboxylic acids is 1. The zero-order valence-corrected chi connectivity index (χ0v) is 12.6. The number of hydrogen-bond acceptors (Lipinski definition) is 4. The van der Waals surface area contributed by atoms with E-state index in [4.69, 9.17) is 9.15 Å². The van der Waals surface area contributed by atoms with Gasteiger partial charge in [0, 0.05) is 6.21 Å². The molecule has 5 heteroatoms. The maximum atomic E-state index is 11.6. The number of furan rings is 1. The molecule has 2 rings (SSSR count). The Kier molecular flexibility index (Phi) is 5.54. The van der Waals surface area contributed by atoms with Gasteiger partial charge in [-0.25, -0.2) is 5.43 Å². The van der Waals surface area contributed by atoms with E-state index in [0.29, 0.717) is 5.75 Å². The number of allylic oxidation sites excluding steroid dienone is 1. The van der Waals surface area contributed by atoms with Gasteiger partial charge in [-0.1, -0.05) is 12.1 Å². The monoisotopic (exact) mass is 298 g/mol. The van der Waals surface area contributed by atoms with E-state index in [1.807, 2.05) is 38.1 Å². The first-order valence-electron chi connectivity index (χ1n) is 6.87. The highest BCUT2D eigenvalue weighted by atomic mass is 16.5. The van der Waals surface area contributed by atoms with Crippen molar-refractivity contribution in [2.45, 2.75) is 13.8 Å². The normalized spacial score (nSPS) is 11.2. The Labute approximate surface area is 129 Å². The lowest BCUT2D eigenvalue weighted by molar-refractivity contribution is -0.123. The molecule has 0 aliphatic rings. The van der Waals surface area contributed by atoms with E-state index in [1.54, 1.807) is 24.5 Å². The summed E-state index contributed by atoms with van der Waals surface area (Å²) in [4.78, 5) is 11.6. The summed E-state index contributed by atoms with van der Waals surface area (Å²) >= 11 is 0. The number of aryl methyl sites for hydroxylation is 2. The molecule has 0 fully saturated rings. The summed E-state index contributed by atoms with van der Waals surface area (Å²) in [6.45, 7) is 3.83. The second-order valence-electron chi connectivity index (χ2n) is 4.75. The lowest BCUT2D eigenvalue weighted by atomic mass is 10.1. The molecule has 22 heavy (non-hydrogen) atoms. The molecule has 0 aliphatic heterocycles. The van der Waals surface area contributed by atoms with E-state index in [-0.39, 0.29) is 12.5 Å². The summed E-state index contributed by atoms with van der Waals surface area (Å²) in [5.74, 6) is 1.11. The van der Waals surface area contributed by atoms with Gasteiger partial charge in [-0.15, -0.1) is 0 Å². The van der Waals surface area contributed by atoms with Gasteiger partial charge in [0.1, 0.15) is 11.5 Å². The lowest BCUT2D eigenvalue weighted by Gasteiger charge is -2.08. The maximum absolute atomic E-state index is 11.6. The minimum absolute atomic E-state index is 0.0798. The minimum Gasteiger partial charge on any atom is -0.483 e. The molecule has 1 amide bonds. The van der Waals surface area contributed by atoms with E-state index < -0.39 is 0 Å². The Balaban J connectivity index is 1.75. The quantitative estimate of drug-likeness (QED) is 0.658. The number of hydrogen-bond donors (Lipinski definition) is 1. The van der Waals surface area contributed by atoms with Gasteiger partial charge in [0.05, 0.1) is 6.26 Å².